The van der Waals surface area contributed by atoms with Crippen molar-refractivity contribution in [2.45, 2.75) is 6.92 Å². The maximum absolute atomic E-state index is 11.9. The standard InChI is InChI=1S/C16H16N2O3S/c1-13-7-5-6-10-15(13)16(19)17-18-22(20,21)12-11-14-8-3-2-4-9-14/h2-12,18H,1H3,(H,17,19)/b12-11+. The van der Waals surface area contributed by atoms with Crippen LogP contribution < -0.4 is 10.3 Å². The Balaban J connectivity index is 2.00. The summed E-state index contributed by atoms with van der Waals surface area (Å²) in [5.74, 6) is -0.505. The van der Waals surface area contributed by atoms with E-state index in [0.29, 0.717) is 5.56 Å². The molecule has 5 nitrogen and oxygen atoms in total. The lowest BCUT2D eigenvalue weighted by Gasteiger charge is -2.07. The molecule has 6 heteroatoms. The lowest BCUT2D eigenvalue weighted by Crippen LogP contribution is -2.40. The molecule has 0 aromatic heterocycles. The van der Waals surface area contributed by atoms with Gasteiger partial charge in [0, 0.05) is 11.0 Å². The van der Waals surface area contributed by atoms with E-state index in [2.05, 4.69) is 5.43 Å². The molecule has 2 aromatic rings. The lowest BCUT2D eigenvalue weighted by atomic mass is 10.1. The molecule has 0 aliphatic heterocycles. The minimum absolute atomic E-state index is 0.414. The van der Waals surface area contributed by atoms with Crippen LogP contribution in [0.4, 0.5) is 0 Å². The van der Waals surface area contributed by atoms with Gasteiger partial charge in [0.05, 0.1) is 0 Å². The van der Waals surface area contributed by atoms with Crippen LogP contribution in [0, 0.1) is 6.92 Å². The van der Waals surface area contributed by atoms with Crippen molar-refractivity contribution in [3.05, 3.63) is 76.7 Å². The van der Waals surface area contributed by atoms with Crippen LogP contribution in [0.15, 0.2) is 60.0 Å². The minimum atomic E-state index is -3.76. The van der Waals surface area contributed by atoms with Crippen LogP contribution in [0.25, 0.3) is 6.08 Å². The summed E-state index contributed by atoms with van der Waals surface area (Å²) in [5, 5.41) is 1.00. The van der Waals surface area contributed by atoms with Crippen LogP contribution >= 0.6 is 0 Å². The predicted octanol–water partition coefficient (Wildman–Crippen LogP) is 2.23. The molecule has 114 valence electrons. The smallest absolute Gasteiger partial charge is 0.266 e. The highest BCUT2D eigenvalue weighted by atomic mass is 32.2. The van der Waals surface area contributed by atoms with Crippen LogP contribution in [0.2, 0.25) is 0 Å². The molecule has 0 spiro atoms. The van der Waals surface area contributed by atoms with Gasteiger partial charge < -0.3 is 0 Å². The summed E-state index contributed by atoms with van der Waals surface area (Å²) in [6.07, 6.45) is 1.45. The number of hydrogen-bond acceptors (Lipinski definition) is 3. The number of hydrazine groups is 1. The molecule has 0 bridgehead atoms. The molecule has 0 atom stereocenters. The van der Waals surface area contributed by atoms with E-state index in [1.165, 1.54) is 6.08 Å². The summed E-state index contributed by atoms with van der Waals surface area (Å²) < 4.78 is 23.6. The molecular weight excluding hydrogens is 300 g/mol. The summed E-state index contributed by atoms with van der Waals surface area (Å²) in [7, 11) is -3.76. The normalized spacial score (nSPS) is 11.5. The molecule has 0 heterocycles. The zero-order valence-electron chi connectivity index (χ0n) is 12.0. The van der Waals surface area contributed by atoms with Crippen molar-refractivity contribution in [2.24, 2.45) is 0 Å². The molecule has 2 aromatic carbocycles. The highest BCUT2D eigenvalue weighted by molar-refractivity contribution is 7.92. The topological polar surface area (TPSA) is 75.3 Å². The van der Waals surface area contributed by atoms with E-state index in [-0.39, 0.29) is 0 Å². The van der Waals surface area contributed by atoms with E-state index in [9.17, 15) is 13.2 Å². The Morgan fingerprint density at radius 1 is 1.00 bits per heavy atom. The van der Waals surface area contributed by atoms with Crippen molar-refractivity contribution >= 4 is 22.0 Å². The van der Waals surface area contributed by atoms with E-state index in [1.807, 2.05) is 10.9 Å². The van der Waals surface area contributed by atoms with E-state index in [0.717, 1.165) is 16.5 Å². The first-order valence-electron chi connectivity index (χ1n) is 6.59. The Kier molecular flexibility index (Phi) is 5.08. The number of sulfonamides is 1. The minimum Gasteiger partial charge on any atom is -0.274 e. The monoisotopic (exact) mass is 316 g/mol. The average molecular weight is 316 g/mol. The Labute approximate surface area is 129 Å². The van der Waals surface area contributed by atoms with E-state index in [4.69, 9.17) is 0 Å². The van der Waals surface area contributed by atoms with Gasteiger partial charge in [-0.05, 0) is 30.2 Å². The van der Waals surface area contributed by atoms with Gasteiger partial charge in [-0.15, -0.1) is 4.83 Å². The zero-order valence-corrected chi connectivity index (χ0v) is 12.8. The molecule has 0 unspecified atom stereocenters. The molecule has 2 N–H and O–H groups in total. The van der Waals surface area contributed by atoms with Gasteiger partial charge in [-0.1, -0.05) is 48.5 Å². The molecule has 2 rings (SSSR count). The SMILES string of the molecule is Cc1ccccc1C(=O)NNS(=O)(=O)/C=C/c1ccccc1. The van der Waals surface area contributed by atoms with Crippen LogP contribution in [0.5, 0.6) is 0 Å². The average Bonchev–Trinajstić information content (AvgIpc) is 2.52. The first kappa shape index (κ1) is 15.9. The number of rotatable bonds is 5. The van der Waals surface area contributed by atoms with Gasteiger partial charge in [0.1, 0.15) is 0 Å². The summed E-state index contributed by atoms with van der Waals surface area (Å²) in [6.45, 7) is 1.78. The van der Waals surface area contributed by atoms with Gasteiger partial charge in [-0.2, -0.15) is 0 Å². The highest BCUT2D eigenvalue weighted by Gasteiger charge is 2.11. The molecule has 0 aliphatic carbocycles. The number of benzene rings is 2. The molecule has 0 fully saturated rings. The van der Waals surface area contributed by atoms with E-state index < -0.39 is 15.9 Å². The Morgan fingerprint density at radius 2 is 1.64 bits per heavy atom. The number of amides is 1. The largest absolute Gasteiger partial charge is 0.274 e. The second-order valence-corrected chi connectivity index (χ2v) is 6.20. The fourth-order valence-corrected chi connectivity index (χ4v) is 2.42. The predicted molar refractivity (Wildman–Crippen MR) is 86.2 cm³/mol. The first-order chi connectivity index (χ1) is 10.5. The first-order valence-corrected chi connectivity index (χ1v) is 8.13. The number of carbonyl (C=O) groups is 1. The van der Waals surface area contributed by atoms with E-state index in [1.54, 1.807) is 55.5 Å². The summed E-state index contributed by atoms with van der Waals surface area (Å²) in [4.78, 5) is 14.0. The number of hydrogen-bond donors (Lipinski definition) is 2. The number of carbonyl (C=O) groups excluding carboxylic acids is 1. The van der Waals surface area contributed by atoms with Crippen molar-refractivity contribution in [2.75, 3.05) is 0 Å². The van der Waals surface area contributed by atoms with Crippen molar-refractivity contribution < 1.29 is 13.2 Å². The van der Waals surface area contributed by atoms with Crippen LogP contribution in [0.1, 0.15) is 21.5 Å². The van der Waals surface area contributed by atoms with E-state index >= 15 is 0 Å². The van der Waals surface area contributed by atoms with Gasteiger partial charge >= 0.3 is 0 Å². The molecule has 0 saturated heterocycles. The van der Waals surface area contributed by atoms with Crippen molar-refractivity contribution in [3.8, 4) is 0 Å². The molecule has 0 radical (unpaired) electrons. The molecular formula is C16H16N2O3S. The van der Waals surface area contributed by atoms with Crippen molar-refractivity contribution in [1.29, 1.82) is 0 Å². The highest BCUT2D eigenvalue weighted by Crippen LogP contribution is 2.06. The van der Waals surface area contributed by atoms with Gasteiger partial charge in [0.2, 0.25) is 0 Å². The summed E-state index contributed by atoms with van der Waals surface area (Å²) >= 11 is 0. The number of aryl methyl sites for hydroxylation is 1. The van der Waals surface area contributed by atoms with Gasteiger partial charge in [-0.3, -0.25) is 10.2 Å². The fraction of sp³-hybridized carbons (Fsp3) is 0.0625. The third kappa shape index (κ3) is 4.54. The van der Waals surface area contributed by atoms with Gasteiger partial charge in [-0.25, -0.2) is 8.42 Å². The Bertz CT molecular complexity index is 784. The van der Waals surface area contributed by atoms with Gasteiger partial charge in [0.15, 0.2) is 0 Å². The van der Waals surface area contributed by atoms with Crippen LogP contribution in [-0.2, 0) is 10.0 Å². The van der Waals surface area contributed by atoms with Crippen LogP contribution in [0.3, 0.4) is 0 Å². The molecule has 1 amide bonds. The molecule has 0 aliphatic rings. The quantitative estimate of drug-likeness (QED) is 0.831. The third-order valence-electron chi connectivity index (χ3n) is 2.94. The number of nitrogens with one attached hydrogen (secondary N) is 2. The van der Waals surface area contributed by atoms with Crippen molar-refractivity contribution in [1.82, 2.24) is 10.3 Å². The van der Waals surface area contributed by atoms with Crippen LogP contribution in [-0.4, -0.2) is 14.3 Å². The second kappa shape index (κ2) is 7.02. The fourth-order valence-electron chi connectivity index (χ4n) is 1.78. The van der Waals surface area contributed by atoms with Crippen molar-refractivity contribution in [3.63, 3.8) is 0 Å². The molecule has 0 saturated carbocycles. The Morgan fingerprint density at radius 3 is 2.32 bits per heavy atom. The maximum atomic E-state index is 11.9. The lowest BCUT2D eigenvalue weighted by molar-refractivity contribution is 0.0944. The zero-order chi connectivity index (χ0) is 16.0. The maximum Gasteiger partial charge on any atom is 0.266 e. The summed E-state index contributed by atoms with van der Waals surface area (Å²) in [5.41, 5.74) is 4.11. The Hall–Kier alpha value is -2.44. The third-order valence-corrected chi connectivity index (χ3v) is 3.82. The van der Waals surface area contributed by atoms with Gasteiger partial charge in [0.25, 0.3) is 15.9 Å². The molecule has 22 heavy (non-hydrogen) atoms. The summed E-state index contributed by atoms with van der Waals surface area (Å²) in [6, 6.07) is 15.9. The second-order valence-electron chi connectivity index (χ2n) is 4.63.